The van der Waals surface area contributed by atoms with Crippen molar-refractivity contribution in [1.82, 2.24) is 4.90 Å². The molecule has 0 spiro atoms. The Morgan fingerprint density at radius 2 is 2.00 bits per heavy atom. The molecule has 1 saturated heterocycles. The van der Waals surface area contributed by atoms with E-state index in [0.29, 0.717) is 0 Å². The highest BCUT2D eigenvalue weighted by Crippen LogP contribution is 2.22. The topological polar surface area (TPSA) is 29.3 Å². The first-order valence-electron chi connectivity index (χ1n) is 7.25. The van der Waals surface area contributed by atoms with Gasteiger partial charge in [-0.15, -0.1) is 0 Å². The van der Waals surface area contributed by atoms with Crippen molar-refractivity contribution < 1.29 is 0 Å². The van der Waals surface area contributed by atoms with E-state index in [1.54, 1.807) is 0 Å². The molecule has 0 aromatic heterocycles. The third-order valence-electron chi connectivity index (χ3n) is 4.11. The van der Waals surface area contributed by atoms with Gasteiger partial charge in [0.15, 0.2) is 0 Å². The molecule has 1 atom stereocenters. The number of piperidine rings is 1. The van der Waals surface area contributed by atoms with Crippen LogP contribution in [0.4, 0.5) is 0 Å². The van der Waals surface area contributed by atoms with Crippen LogP contribution in [0, 0.1) is 5.92 Å². The summed E-state index contributed by atoms with van der Waals surface area (Å²) >= 11 is 2.05. The Morgan fingerprint density at radius 1 is 1.29 bits per heavy atom. The van der Waals surface area contributed by atoms with Gasteiger partial charge in [-0.25, -0.2) is 0 Å². The predicted molar refractivity (Wildman–Crippen MR) is 79.7 cm³/mol. The van der Waals surface area contributed by atoms with Crippen LogP contribution in [0.15, 0.2) is 0 Å². The van der Waals surface area contributed by atoms with Crippen molar-refractivity contribution in [2.24, 2.45) is 11.7 Å². The lowest BCUT2D eigenvalue weighted by Gasteiger charge is -2.31. The lowest BCUT2D eigenvalue weighted by Crippen LogP contribution is -2.35. The average Bonchev–Trinajstić information content (AvgIpc) is 2.38. The molecule has 1 fully saturated rings. The number of hydrogen-bond acceptors (Lipinski definition) is 3. The van der Waals surface area contributed by atoms with Gasteiger partial charge in [-0.1, -0.05) is 13.3 Å². The molecule has 1 aliphatic rings. The minimum Gasteiger partial charge on any atom is -0.330 e. The second kappa shape index (κ2) is 9.23. The molecule has 1 unspecified atom stereocenters. The molecule has 2 nitrogen and oxygen atoms in total. The van der Waals surface area contributed by atoms with Gasteiger partial charge in [-0.2, -0.15) is 11.8 Å². The van der Waals surface area contributed by atoms with Crippen LogP contribution < -0.4 is 5.73 Å². The second-order valence-corrected chi connectivity index (χ2v) is 6.41. The van der Waals surface area contributed by atoms with Gasteiger partial charge in [0.2, 0.25) is 0 Å². The number of nitrogens with zero attached hydrogens (tertiary/aromatic N) is 1. The molecule has 0 aromatic carbocycles. The fraction of sp³-hybridized carbons (Fsp3) is 1.00. The zero-order valence-electron chi connectivity index (χ0n) is 11.7. The van der Waals surface area contributed by atoms with Crippen LogP contribution in [0.1, 0.15) is 45.4 Å². The summed E-state index contributed by atoms with van der Waals surface area (Å²) in [6.45, 7) is 7.10. The summed E-state index contributed by atoms with van der Waals surface area (Å²) in [6, 6.07) is 0. The number of nitrogens with two attached hydrogens (primary N) is 1. The Labute approximate surface area is 112 Å². The van der Waals surface area contributed by atoms with E-state index >= 15 is 0 Å². The van der Waals surface area contributed by atoms with Crippen LogP contribution in [0.3, 0.4) is 0 Å². The van der Waals surface area contributed by atoms with Crippen molar-refractivity contribution in [1.29, 1.82) is 0 Å². The van der Waals surface area contributed by atoms with Crippen molar-refractivity contribution in [2.45, 2.75) is 50.7 Å². The summed E-state index contributed by atoms with van der Waals surface area (Å²) < 4.78 is 0. The molecule has 0 bridgehead atoms. The Kier molecular flexibility index (Phi) is 8.33. The largest absolute Gasteiger partial charge is 0.330 e. The second-order valence-electron chi connectivity index (χ2n) is 5.27. The van der Waals surface area contributed by atoms with Gasteiger partial charge in [0.25, 0.3) is 0 Å². The van der Waals surface area contributed by atoms with E-state index in [1.165, 1.54) is 58.2 Å². The molecule has 1 heterocycles. The van der Waals surface area contributed by atoms with Crippen molar-refractivity contribution in [3.8, 4) is 0 Å². The summed E-state index contributed by atoms with van der Waals surface area (Å²) in [6.07, 6.45) is 10.3. The van der Waals surface area contributed by atoms with E-state index < -0.39 is 0 Å². The molecular weight excluding hydrogens is 228 g/mol. The van der Waals surface area contributed by atoms with Gasteiger partial charge in [-0.05, 0) is 70.5 Å². The van der Waals surface area contributed by atoms with E-state index in [-0.39, 0.29) is 0 Å². The van der Waals surface area contributed by atoms with E-state index in [4.69, 9.17) is 5.73 Å². The first-order chi connectivity index (χ1) is 8.30. The summed E-state index contributed by atoms with van der Waals surface area (Å²) in [5, 5.41) is 0.923. The van der Waals surface area contributed by atoms with E-state index in [0.717, 1.165) is 17.7 Å². The minimum atomic E-state index is 0.859. The highest BCUT2D eigenvalue weighted by Gasteiger charge is 2.17. The first-order valence-corrected chi connectivity index (χ1v) is 8.54. The third-order valence-corrected chi connectivity index (χ3v) is 5.24. The molecule has 1 rings (SSSR count). The van der Waals surface area contributed by atoms with Crippen LogP contribution in [0.25, 0.3) is 0 Å². The van der Waals surface area contributed by atoms with Gasteiger partial charge in [-0.3, -0.25) is 0 Å². The lowest BCUT2D eigenvalue weighted by atomic mass is 9.96. The lowest BCUT2D eigenvalue weighted by molar-refractivity contribution is 0.222. The zero-order valence-corrected chi connectivity index (χ0v) is 12.5. The predicted octanol–water partition coefficient (Wildman–Crippen LogP) is 2.97. The molecule has 102 valence electrons. The number of likely N-dealkylation sites (tertiary alicyclic amines) is 1. The van der Waals surface area contributed by atoms with Gasteiger partial charge < -0.3 is 10.6 Å². The Bertz CT molecular complexity index is 179. The van der Waals surface area contributed by atoms with E-state index in [9.17, 15) is 0 Å². The maximum Gasteiger partial charge on any atom is 0.00685 e. The summed E-state index contributed by atoms with van der Waals surface area (Å²) in [4.78, 5) is 2.65. The fourth-order valence-electron chi connectivity index (χ4n) is 2.76. The number of rotatable bonds is 8. The molecule has 2 N–H and O–H groups in total. The summed E-state index contributed by atoms with van der Waals surface area (Å²) in [5.74, 6) is 0.865. The smallest absolute Gasteiger partial charge is 0.00685 e. The first kappa shape index (κ1) is 15.3. The van der Waals surface area contributed by atoms with Crippen LogP contribution in [0.2, 0.25) is 0 Å². The normalized spacial score (nSPS) is 20.6. The van der Waals surface area contributed by atoms with Crippen LogP contribution in [0.5, 0.6) is 0 Å². The molecule has 0 radical (unpaired) electrons. The maximum atomic E-state index is 5.64. The number of thioether (sulfide) groups is 1. The molecule has 3 heteroatoms. The van der Waals surface area contributed by atoms with Gasteiger partial charge in [0.1, 0.15) is 0 Å². The standard InChI is InChI=1S/C14H30N2S/c1-3-13(6-9-15)5-4-10-16-11-7-14(17-2)8-12-16/h13-14H,3-12,15H2,1-2H3. The zero-order chi connectivity index (χ0) is 12.5. The molecule has 0 amide bonds. The van der Waals surface area contributed by atoms with Gasteiger partial charge >= 0.3 is 0 Å². The van der Waals surface area contributed by atoms with Crippen LogP contribution in [-0.4, -0.2) is 42.6 Å². The number of hydrogen-bond donors (Lipinski definition) is 1. The maximum absolute atomic E-state index is 5.64. The SMILES string of the molecule is CCC(CCN)CCCN1CCC(SC)CC1. The molecule has 0 saturated carbocycles. The highest BCUT2D eigenvalue weighted by atomic mass is 32.2. The van der Waals surface area contributed by atoms with Crippen molar-refractivity contribution in [3.05, 3.63) is 0 Å². The average molecular weight is 258 g/mol. The Morgan fingerprint density at radius 3 is 2.53 bits per heavy atom. The summed E-state index contributed by atoms with van der Waals surface area (Å²) in [7, 11) is 0. The Balaban J connectivity index is 2.06. The monoisotopic (exact) mass is 258 g/mol. The van der Waals surface area contributed by atoms with E-state index in [2.05, 4.69) is 18.1 Å². The van der Waals surface area contributed by atoms with Crippen molar-refractivity contribution in [3.63, 3.8) is 0 Å². The molecule has 0 aliphatic carbocycles. The fourth-order valence-corrected chi connectivity index (χ4v) is 3.44. The van der Waals surface area contributed by atoms with Crippen molar-refractivity contribution >= 4 is 11.8 Å². The Hall–Kier alpha value is 0.270. The van der Waals surface area contributed by atoms with Crippen LogP contribution in [-0.2, 0) is 0 Å². The quantitative estimate of drug-likeness (QED) is 0.726. The van der Waals surface area contributed by atoms with Gasteiger partial charge in [0.05, 0.1) is 0 Å². The molecule has 17 heavy (non-hydrogen) atoms. The molecule has 0 aromatic rings. The third kappa shape index (κ3) is 6.12. The van der Waals surface area contributed by atoms with E-state index in [1.807, 2.05) is 11.8 Å². The van der Waals surface area contributed by atoms with Crippen LogP contribution >= 0.6 is 11.8 Å². The highest BCUT2D eigenvalue weighted by molar-refractivity contribution is 7.99. The summed E-state index contributed by atoms with van der Waals surface area (Å²) in [5.41, 5.74) is 5.64. The minimum absolute atomic E-state index is 0.859. The van der Waals surface area contributed by atoms with Gasteiger partial charge in [0, 0.05) is 5.25 Å². The molecule has 1 aliphatic heterocycles. The van der Waals surface area contributed by atoms with Crippen molar-refractivity contribution in [2.75, 3.05) is 32.4 Å². The molecular formula is C14H30N2S.